The topological polar surface area (TPSA) is 138 Å². The number of likely N-dealkylation sites (N-methyl/N-ethyl adjacent to an activating group) is 1. The first kappa shape index (κ1) is 21.4. The van der Waals surface area contributed by atoms with E-state index < -0.39 is 5.91 Å². The van der Waals surface area contributed by atoms with Crippen molar-refractivity contribution in [3.05, 3.63) is 53.6 Å². The minimum atomic E-state index is -0.494. The van der Waals surface area contributed by atoms with Crippen molar-refractivity contribution >= 4 is 29.4 Å². The van der Waals surface area contributed by atoms with Crippen molar-refractivity contribution < 1.29 is 9.59 Å². The lowest BCUT2D eigenvalue weighted by molar-refractivity contribution is -0.126. The van der Waals surface area contributed by atoms with E-state index in [9.17, 15) is 9.59 Å². The molecule has 32 heavy (non-hydrogen) atoms. The molecule has 0 aliphatic heterocycles. The Hall–Kier alpha value is -3.82. The minimum Gasteiger partial charge on any atom is -0.393 e. The SMILES string of the molecule is CN=CC(NC(=O)c1nc(C2CC2)ccc1Nc1cncnc1)=C(N)C(=O)N(C)C1CC1. The molecule has 0 atom stereocenters. The third-order valence-electron chi connectivity index (χ3n) is 5.41. The number of aliphatic imine (C=N–C) groups is 1. The molecular weight excluding hydrogens is 408 g/mol. The molecule has 2 saturated carbocycles. The molecule has 0 unspecified atom stereocenters. The van der Waals surface area contributed by atoms with Crippen molar-refractivity contribution in [1.29, 1.82) is 0 Å². The third-order valence-corrected chi connectivity index (χ3v) is 5.41. The number of nitrogens with zero attached hydrogens (tertiary/aromatic N) is 5. The Balaban J connectivity index is 1.63. The zero-order valence-corrected chi connectivity index (χ0v) is 18.1. The lowest BCUT2D eigenvalue weighted by Crippen LogP contribution is -2.37. The van der Waals surface area contributed by atoms with E-state index in [-0.39, 0.29) is 29.0 Å². The molecule has 0 saturated heterocycles. The van der Waals surface area contributed by atoms with Gasteiger partial charge in [-0.1, -0.05) is 0 Å². The number of allylic oxidation sites excluding steroid dienone is 1. The summed E-state index contributed by atoms with van der Waals surface area (Å²) in [5.74, 6) is -0.476. The Morgan fingerprint density at radius 1 is 1.19 bits per heavy atom. The van der Waals surface area contributed by atoms with Crippen LogP contribution >= 0.6 is 0 Å². The minimum absolute atomic E-state index is 0.0670. The number of pyridine rings is 1. The van der Waals surface area contributed by atoms with Crippen LogP contribution in [0, 0.1) is 0 Å². The quantitative estimate of drug-likeness (QED) is 0.425. The zero-order valence-electron chi connectivity index (χ0n) is 18.1. The highest BCUT2D eigenvalue weighted by atomic mass is 16.2. The summed E-state index contributed by atoms with van der Waals surface area (Å²) in [5.41, 5.74) is 8.36. The highest BCUT2D eigenvalue weighted by molar-refractivity contribution is 6.05. The lowest BCUT2D eigenvalue weighted by atomic mass is 10.2. The Morgan fingerprint density at radius 3 is 2.53 bits per heavy atom. The predicted molar refractivity (Wildman–Crippen MR) is 120 cm³/mol. The average Bonchev–Trinajstić information content (AvgIpc) is 3.71. The van der Waals surface area contributed by atoms with Crippen LogP contribution in [0.5, 0.6) is 0 Å². The Labute approximate surface area is 186 Å². The fraction of sp³-hybridized carbons (Fsp3) is 0.364. The molecule has 0 aromatic carbocycles. The molecule has 10 heteroatoms. The summed E-state index contributed by atoms with van der Waals surface area (Å²) in [5, 5.41) is 5.86. The van der Waals surface area contributed by atoms with Crippen molar-refractivity contribution in [1.82, 2.24) is 25.2 Å². The van der Waals surface area contributed by atoms with Gasteiger partial charge in [-0.25, -0.2) is 15.0 Å². The maximum atomic E-state index is 13.3. The van der Waals surface area contributed by atoms with Crippen LogP contribution in [0.2, 0.25) is 0 Å². The molecule has 2 amide bonds. The van der Waals surface area contributed by atoms with E-state index in [0.717, 1.165) is 31.4 Å². The molecule has 0 bridgehead atoms. The number of nitrogens with one attached hydrogen (secondary N) is 2. The Morgan fingerprint density at radius 2 is 1.91 bits per heavy atom. The van der Waals surface area contributed by atoms with Gasteiger partial charge in [0.25, 0.3) is 11.8 Å². The van der Waals surface area contributed by atoms with Crippen molar-refractivity contribution in [3.63, 3.8) is 0 Å². The number of rotatable bonds is 8. The number of hydrogen-bond donors (Lipinski definition) is 3. The normalized spacial score (nSPS) is 16.4. The zero-order chi connectivity index (χ0) is 22.7. The second kappa shape index (κ2) is 9.13. The van der Waals surface area contributed by atoms with Gasteiger partial charge in [0.15, 0.2) is 5.69 Å². The van der Waals surface area contributed by atoms with Crippen LogP contribution in [0.1, 0.15) is 47.8 Å². The molecule has 2 heterocycles. The van der Waals surface area contributed by atoms with Gasteiger partial charge >= 0.3 is 0 Å². The van der Waals surface area contributed by atoms with Gasteiger partial charge in [-0.05, 0) is 37.8 Å². The largest absolute Gasteiger partial charge is 0.393 e. The van der Waals surface area contributed by atoms with E-state index in [1.807, 2.05) is 12.1 Å². The van der Waals surface area contributed by atoms with E-state index >= 15 is 0 Å². The standard InChI is InChI=1S/C22H26N8O2/c1-24-11-18(19(23)22(32)30(2)15-5-6-15)29-21(31)20-17(27-14-9-25-12-26-10-14)8-7-16(28-20)13-3-4-13/h7-13,15,27H,3-6,23H2,1-2H3,(H,29,31). The van der Waals surface area contributed by atoms with E-state index in [1.54, 1.807) is 31.4 Å². The van der Waals surface area contributed by atoms with Crippen LogP contribution in [0.3, 0.4) is 0 Å². The molecule has 2 fully saturated rings. The van der Waals surface area contributed by atoms with E-state index in [0.29, 0.717) is 17.3 Å². The monoisotopic (exact) mass is 434 g/mol. The summed E-state index contributed by atoms with van der Waals surface area (Å²) in [6.07, 6.45) is 10.0. The molecule has 2 aromatic rings. The molecule has 4 N–H and O–H groups in total. The highest BCUT2D eigenvalue weighted by Crippen LogP contribution is 2.39. The lowest BCUT2D eigenvalue weighted by Gasteiger charge is -2.18. The first-order valence-electron chi connectivity index (χ1n) is 10.5. The summed E-state index contributed by atoms with van der Waals surface area (Å²) in [4.78, 5) is 44.1. The van der Waals surface area contributed by atoms with Crippen LogP contribution < -0.4 is 16.4 Å². The second-order valence-corrected chi connectivity index (χ2v) is 7.97. The summed E-state index contributed by atoms with van der Waals surface area (Å²) < 4.78 is 0. The van der Waals surface area contributed by atoms with Crippen LogP contribution in [0.15, 0.2) is 47.2 Å². The summed E-state index contributed by atoms with van der Waals surface area (Å²) >= 11 is 0. The van der Waals surface area contributed by atoms with Gasteiger partial charge in [-0.3, -0.25) is 14.6 Å². The van der Waals surface area contributed by atoms with E-state index in [1.165, 1.54) is 12.5 Å². The maximum absolute atomic E-state index is 13.3. The van der Waals surface area contributed by atoms with Gasteiger partial charge in [-0.2, -0.15) is 0 Å². The Kier molecular flexibility index (Phi) is 6.11. The van der Waals surface area contributed by atoms with Crippen molar-refractivity contribution in [2.45, 2.75) is 37.6 Å². The third kappa shape index (κ3) is 4.90. The number of hydrogen-bond acceptors (Lipinski definition) is 8. The molecule has 4 rings (SSSR count). The van der Waals surface area contributed by atoms with Gasteiger partial charge in [0, 0.05) is 38.0 Å². The van der Waals surface area contributed by atoms with Crippen LogP contribution in [-0.4, -0.2) is 58.0 Å². The first-order chi connectivity index (χ1) is 15.5. The summed E-state index contributed by atoms with van der Waals surface area (Å²) in [6.45, 7) is 0. The van der Waals surface area contributed by atoms with Gasteiger partial charge in [0.2, 0.25) is 0 Å². The summed E-state index contributed by atoms with van der Waals surface area (Å²) in [7, 11) is 3.25. The van der Waals surface area contributed by atoms with E-state index in [4.69, 9.17) is 5.73 Å². The number of carbonyl (C=O) groups is 2. The van der Waals surface area contributed by atoms with Crippen LogP contribution in [0.4, 0.5) is 11.4 Å². The van der Waals surface area contributed by atoms with Crippen LogP contribution in [0.25, 0.3) is 0 Å². The number of carbonyl (C=O) groups excluding carboxylic acids is 2. The second-order valence-electron chi connectivity index (χ2n) is 7.97. The highest BCUT2D eigenvalue weighted by Gasteiger charge is 2.32. The number of aromatic nitrogens is 3. The molecule has 166 valence electrons. The smallest absolute Gasteiger partial charge is 0.276 e. The Bertz CT molecular complexity index is 1070. The first-order valence-corrected chi connectivity index (χ1v) is 10.5. The van der Waals surface area contributed by atoms with Gasteiger partial charge in [0.05, 0.1) is 29.5 Å². The average molecular weight is 435 g/mol. The van der Waals surface area contributed by atoms with Crippen LogP contribution in [-0.2, 0) is 4.79 Å². The molecule has 2 aromatic heterocycles. The molecule has 10 nitrogen and oxygen atoms in total. The van der Waals surface area contributed by atoms with Gasteiger partial charge in [-0.15, -0.1) is 0 Å². The molecular formula is C22H26N8O2. The number of amides is 2. The van der Waals surface area contributed by atoms with Gasteiger partial charge in [0.1, 0.15) is 12.0 Å². The van der Waals surface area contributed by atoms with E-state index in [2.05, 4.69) is 30.6 Å². The summed E-state index contributed by atoms with van der Waals surface area (Å²) in [6, 6.07) is 3.92. The maximum Gasteiger partial charge on any atom is 0.276 e. The fourth-order valence-electron chi connectivity index (χ4n) is 3.29. The molecule has 2 aliphatic rings. The fourth-order valence-corrected chi connectivity index (χ4v) is 3.29. The van der Waals surface area contributed by atoms with Crippen molar-refractivity contribution in [2.75, 3.05) is 19.4 Å². The van der Waals surface area contributed by atoms with Gasteiger partial charge < -0.3 is 21.3 Å². The van der Waals surface area contributed by atoms with Crippen molar-refractivity contribution in [3.8, 4) is 0 Å². The molecule has 0 radical (unpaired) electrons. The van der Waals surface area contributed by atoms with Crippen molar-refractivity contribution in [2.24, 2.45) is 10.7 Å². The number of nitrogens with two attached hydrogens (primary N) is 1. The molecule has 0 spiro atoms. The predicted octanol–water partition coefficient (Wildman–Crippen LogP) is 1.71. The molecule has 2 aliphatic carbocycles. The number of anilines is 2.